The predicted molar refractivity (Wildman–Crippen MR) is 118 cm³/mol. The third-order valence-corrected chi connectivity index (χ3v) is 5.50. The van der Waals surface area contributed by atoms with Crippen molar-refractivity contribution < 1.29 is 15.0 Å². The van der Waals surface area contributed by atoms with Crippen LogP contribution < -0.4 is 16.6 Å². The van der Waals surface area contributed by atoms with Crippen LogP contribution >= 0.6 is 0 Å². The molecule has 2 aromatic rings. The number of aromatic amines is 1. The van der Waals surface area contributed by atoms with Crippen molar-refractivity contribution in [2.75, 3.05) is 31.6 Å². The molecule has 0 saturated carbocycles. The van der Waals surface area contributed by atoms with Gasteiger partial charge in [0.15, 0.2) is 0 Å². The maximum atomic E-state index is 12.1. The number of hydrogen-bond donors (Lipinski definition) is 4. The number of nitrogens with zero attached hydrogens (tertiary/aromatic N) is 2. The summed E-state index contributed by atoms with van der Waals surface area (Å²) in [5.74, 6) is 0.350. The van der Waals surface area contributed by atoms with E-state index in [9.17, 15) is 19.9 Å². The van der Waals surface area contributed by atoms with Gasteiger partial charge in [0, 0.05) is 32.1 Å². The van der Waals surface area contributed by atoms with Crippen LogP contribution in [0.2, 0.25) is 0 Å². The van der Waals surface area contributed by atoms with Crippen molar-refractivity contribution in [3.63, 3.8) is 0 Å². The Hall–Kier alpha value is -2.42. The van der Waals surface area contributed by atoms with Crippen LogP contribution in [0.5, 0.6) is 0 Å². The summed E-state index contributed by atoms with van der Waals surface area (Å²) >= 11 is 0. The van der Waals surface area contributed by atoms with Crippen LogP contribution in [0.3, 0.4) is 0 Å². The summed E-state index contributed by atoms with van der Waals surface area (Å²) < 4.78 is 0.988. The Morgan fingerprint density at radius 1 is 1.20 bits per heavy atom. The van der Waals surface area contributed by atoms with Gasteiger partial charge in [-0.05, 0) is 25.3 Å². The predicted octanol–water partition coefficient (Wildman–Crippen LogP) is 1.97. The first-order valence-electron chi connectivity index (χ1n) is 10.7. The Labute approximate surface area is 177 Å². The van der Waals surface area contributed by atoms with Crippen molar-refractivity contribution in [3.05, 3.63) is 62.8 Å². The largest absolute Gasteiger partial charge is 0.396 e. The van der Waals surface area contributed by atoms with Gasteiger partial charge in [-0.25, -0.2) is 10.0 Å². The number of aliphatic hydroxyl groups is 1. The summed E-state index contributed by atoms with van der Waals surface area (Å²) in [7, 11) is 0. The summed E-state index contributed by atoms with van der Waals surface area (Å²) in [6.45, 7) is 5.51. The minimum absolute atomic E-state index is 0.0162. The second-order valence-electron chi connectivity index (χ2n) is 7.79. The van der Waals surface area contributed by atoms with Crippen molar-refractivity contribution in [1.82, 2.24) is 9.55 Å². The van der Waals surface area contributed by atoms with E-state index in [4.69, 9.17) is 0 Å². The van der Waals surface area contributed by atoms with Crippen LogP contribution in [-0.2, 0) is 13.0 Å². The van der Waals surface area contributed by atoms with E-state index in [2.05, 4.69) is 22.4 Å². The number of benzene rings is 1. The van der Waals surface area contributed by atoms with E-state index in [1.807, 2.05) is 32.0 Å². The lowest BCUT2D eigenvalue weighted by atomic mass is 10.0. The van der Waals surface area contributed by atoms with Crippen LogP contribution in [0, 0.1) is 0 Å². The molecule has 1 aromatic carbocycles. The molecule has 0 radical (unpaired) electrons. The Morgan fingerprint density at radius 3 is 2.57 bits per heavy atom. The number of aromatic nitrogens is 2. The van der Waals surface area contributed by atoms with Crippen LogP contribution in [0.15, 0.2) is 46.0 Å². The third-order valence-electron chi connectivity index (χ3n) is 5.50. The highest BCUT2D eigenvalue weighted by atomic mass is 16.5. The molecule has 0 fully saturated rings. The van der Waals surface area contributed by atoms with Gasteiger partial charge in [-0.2, -0.15) is 4.65 Å². The number of aryl methyl sites for hydroxylation is 1. The molecule has 1 aromatic heterocycles. The third kappa shape index (κ3) is 6.83. The summed E-state index contributed by atoms with van der Waals surface area (Å²) in [5.41, 5.74) is 0.443. The molecular weight excluding hydrogens is 384 g/mol. The Bertz CT molecular complexity index is 849. The van der Waals surface area contributed by atoms with Crippen LogP contribution in [0.1, 0.15) is 38.7 Å². The molecule has 166 valence electrons. The number of rotatable bonds is 13. The second kappa shape index (κ2) is 11.7. The van der Waals surface area contributed by atoms with E-state index in [1.165, 1.54) is 16.2 Å². The average Bonchev–Trinajstić information content (AvgIpc) is 2.74. The van der Waals surface area contributed by atoms with Gasteiger partial charge in [0.25, 0.3) is 5.56 Å². The molecule has 0 aliphatic rings. The van der Waals surface area contributed by atoms with E-state index in [0.29, 0.717) is 44.8 Å². The Balaban J connectivity index is 1.99. The highest BCUT2D eigenvalue weighted by molar-refractivity contribution is 5.31. The van der Waals surface area contributed by atoms with Gasteiger partial charge < -0.3 is 10.4 Å². The monoisotopic (exact) mass is 419 g/mol. The number of H-pyrrole nitrogens is 1. The summed E-state index contributed by atoms with van der Waals surface area (Å²) in [6.07, 6.45) is 2.86. The van der Waals surface area contributed by atoms with Gasteiger partial charge in [-0.3, -0.25) is 14.3 Å². The first-order valence-corrected chi connectivity index (χ1v) is 10.7. The summed E-state index contributed by atoms with van der Waals surface area (Å²) in [4.78, 5) is 26.8. The Kier molecular flexibility index (Phi) is 9.29. The topological polar surface area (TPSA) is 107 Å². The number of anilines is 1. The molecule has 4 N–H and O–H groups in total. The van der Waals surface area contributed by atoms with E-state index >= 15 is 0 Å². The first-order chi connectivity index (χ1) is 14.4. The van der Waals surface area contributed by atoms with Gasteiger partial charge in [0.05, 0.1) is 6.54 Å². The number of hydroxylamine groups is 3. The molecule has 0 amide bonds. The number of nitrogens with one attached hydrogen (secondary N) is 2. The molecule has 0 bridgehead atoms. The quantitative estimate of drug-likeness (QED) is 0.293. The fraction of sp³-hybridized carbons (Fsp3) is 0.545. The van der Waals surface area contributed by atoms with Crippen molar-refractivity contribution in [2.45, 2.75) is 52.1 Å². The molecule has 0 aliphatic heterocycles. The zero-order valence-electron chi connectivity index (χ0n) is 18.0. The molecule has 0 spiro atoms. The van der Waals surface area contributed by atoms with E-state index in [1.54, 1.807) is 0 Å². The molecule has 2 rings (SSSR count). The minimum atomic E-state index is -0.437. The van der Waals surface area contributed by atoms with Crippen LogP contribution in [0.4, 0.5) is 5.82 Å². The molecule has 2 unspecified atom stereocenters. The Morgan fingerprint density at radius 2 is 1.93 bits per heavy atom. The van der Waals surface area contributed by atoms with Gasteiger partial charge >= 0.3 is 5.69 Å². The molecule has 8 nitrogen and oxygen atoms in total. The molecule has 30 heavy (non-hydrogen) atoms. The van der Waals surface area contributed by atoms with Crippen molar-refractivity contribution >= 4 is 5.82 Å². The first kappa shape index (κ1) is 23.9. The number of aliphatic hydroxyl groups excluding tert-OH is 1. The molecule has 0 aliphatic carbocycles. The lowest BCUT2D eigenvalue weighted by Crippen LogP contribution is -2.54. The standard InChI is InChI=1S/C22H34N4O4/c1-3-13-25-21(28)17-20(24-22(25)29)23-12-15-26(30,14-7-16-27)18(2)10-11-19-8-5-4-6-9-19/h4-6,8-9,17-18,27,30H,3,7,10-16H2,1-2H3,(H-,23,24,28,29)/p+1. The fourth-order valence-electron chi connectivity index (χ4n) is 3.59. The van der Waals surface area contributed by atoms with Gasteiger partial charge in [-0.1, -0.05) is 37.3 Å². The van der Waals surface area contributed by atoms with E-state index in [0.717, 1.165) is 12.8 Å². The van der Waals surface area contributed by atoms with Crippen LogP contribution in [-0.4, -0.2) is 56.8 Å². The molecular formula is C22H35N4O4+. The molecule has 0 saturated heterocycles. The highest BCUT2D eigenvalue weighted by Crippen LogP contribution is 2.17. The number of quaternary nitrogens is 1. The normalized spacial score (nSPS) is 14.3. The molecule has 8 heteroatoms. The summed E-state index contributed by atoms with van der Waals surface area (Å²) in [5, 5.41) is 23.5. The van der Waals surface area contributed by atoms with E-state index in [-0.39, 0.29) is 22.9 Å². The van der Waals surface area contributed by atoms with Crippen molar-refractivity contribution in [2.24, 2.45) is 0 Å². The lowest BCUT2D eigenvalue weighted by Gasteiger charge is -2.36. The van der Waals surface area contributed by atoms with E-state index < -0.39 is 5.69 Å². The van der Waals surface area contributed by atoms with Crippen LogP contribution in [0.25, 0.3) is 0 Å². The molecule has 1 heterocycles. The maximum Gasteiger partial charge on any atom is 0.329 e. The van der Waals surface area contributed by atoms with Gasteiger partial charge in [0.1, 0.15) is 24.9 Å². The zero-order chi connectivity index (χ0) is 22.0. The second-order valence-corrected chi connectivity index (χ2v) is 7.79. The smallest absolute Gasteiger partial charge is 0.329 e. The van der Waals surface area contributed by atoms with Gasteiger partial charge in [-0.15, -0.1) is 0 Å². The maximum absolute atomic E-state index is 12.1. The average molecular weight is 420 g/mol. The number of hydrogen-bond acceptors (Lipinski definition) is 5. The fourth-order valence-corrected chi connectivity index (χ4v) is 3.59. The van der Waals surface area contributed by atoms with Crippen molar-refractivity contribution in [1.29, 1.82) is 0 Å². The summed E-state index contributed by atoms with van der Waals surface area (Å²) in [6, 6.07) is 11.5. The van der Waals surface area contributed by atoms with Crippen molar-refractivity contribution in [3.8, 4) is 0 Å². The molecule has 2 atom stereocenters. The SMILES string of the molecule is CCCn1c(=O)cc(NCC[N+](O)(CCCO)C(C)CCc2ccccc2)[nH]c1=O. The zero-order valence-corrected chi connectivity index (χ0v) is 18.0. The highest BCUT2D eigenvalue weighted by Gasteiger charge is 2.32. The van der Waals surface area contributed by atoms with Gasteiger partial charge in [0.2, 0.25) is 0 Å². The minimum Gasteiger partial charge on any atom is -0.396 e. The lowest BCUT2D eigenvalue weighted by molar-refractivity contribution is -1.12.